The van der Waals surface area contributed by atoms with Crippen molar-refractivity contribution < 1.29 is 9.18 Å². The molecule has 0 fully saturated rings. The fraction of sp³-hybridized carbons (Fsp3) is 0.143. The number of thioether (sulfide) groups is 1. The van der Waals surface area contributed by atoms with E-state index in [0.29, 0.717) is 39.8 Å². The highest BCUT2D eigenvalue weighted by Crippen LogP contribution is 2.29. The van der Waals surface area contributed by atoms with Crippen LogP contribution < -0.4 is 11.0 Å². The Morgan fingerprint density at radius 2 is 2.03 bits per heavy atom. The van der Waals surface area contributed by atoms with E-state index in [4.69, 9.17) is 0 Å². The van der Waals surface area contributed by atoms with Crippen LogP contribution in [0.25, 0.3) is 22.4 Å². The second-order valence-corrected chi connectivity index (χ2v) is 8.08. The molecule has 1 amide bonds. The van der Waals surface area contributed by atoms with Gasteiger partial charge < -0.3 is 15.3 Å². The number of carbonyl (C=O) groups excluding carboxylic acids is 1. The molecule has 0 saturated heterocycles. The Balaban J connectivity index is 1.53. The number of hydrogen-bond donors (Lipinski definition) is 3. The molecule has 0 aliphatic heterocycles. The third kappa shape index (κ3) is 4.29. The molecule has 8 nitrogen and oxygen atoms in total. The number of anilines is 1. The summed E-state index contributed by atoms with van der Waals surface area (Å²) >= 11 is 1.21. The summed E-state index contributed by atoms with van der Waals surface area (Å²) in [5.41, 5.74) is 1.83. The molecule has 0 saturated carbocycles. The van der Waals surface area contributed by atoms with Gasteiger partial charge in [-0.1, -0.05) is 30.0 Å². The van der Waals surface area contributed by atoms with Crippen molar-refractivity contribution in [2.75, 3.05) is 5.32 Å². The van der Waals surface area contributed by atoms with Crippen LogP contribution in [0.5, 0.6) is 0 Å². The summed E-state index contributed by atoms with van der Waals surface area (Å²) in [4.78, 5) is 29.4. The van der Waals surface area contributed by atoms with E-state index in [0.717, 1.165) is 0 Å². The quantitative estimate of drug-likeness (QED) is 0.302. The van der Waals surface area contributed by atoms with Crippen molar-refractivity contribution in [3.63, 3.8) is 0 Å². The van der Waals surface area contributed by atoms with Gasteiger partial charge in [0, 0.05) is 12.2 Å². The van der Waals surface area contributed by atoms with Gasteiger partial charge in [-0.25, -0.2) is 9.18 Å². The van der Waals surface area contributed by atoms with E-state index >= 15 is 0 Å². The lowest BCUT2D eigenvalue weighted by atomic mass is 10.2. The first kappa shape index (κ1) is 20.6. The van der Waals surface area contributed by atoms with Gasteiger partial charge >= 0.3 is 5.69 Å². The Bertz CT molecular complexity index is 1320. The standard InChI is InChI=1S/C21H19FN6O2S/c1-3-10-28-18(14-6-4-5-7-15(14)22)26-27-21(28)31-12(2)19(29)23-13-8-9-16-17(11-13)25-20(30)24-16/h3-9,11-12H,1,10H2,2H3,(H,23,29)(H2,24,25,30). The number of halogens is 1. The number of hydrogen-bond acceptors (Lipinski definition) is 5. The van der Waals surface area contributed by atoms with Crippen molar-refractivity contribution >= 4 is 34.4 Å². The molecule has 2 aromatic heterocycles. The molecule has 0 spiro atoms. The summed E-state index contributed by atoms with van der Waals surface area (Å²) in [7, 11) is 0. The molecule has 1 atom stereocenters. The summed E-state index contributed by atoms with van der Waals surface area (Å²) in [5.74, 6) is -0.279. The minimum Gasteiger partial charge on any atom is -0.325 e. The van der Waals surface area contributed by atoms with E-state index in [1.165, 1.54) is 17.8 Å². The molecule has 1 unspecified atom stereocenters. The smallest absolute Gasteiger partial charge is 0.323 e. The zero-order chi connectivity index (χ0) is 22.0. The van der Waals surface area contributed by atoms with E-state index < -0.39 is 11.1 Å². The number of nitrogens with one attached hydrogen (secondary N) is 3. The number of rotatable bonds is 7. The lowest BCUT2D eigenvalue weighted by Gasteiger charge is -2.13. The minimum absolute atomic E-state index is 0.247. The highest BCUT2D eigenvalue weighted by molar-refractivity contribution is 8.00. The zero-order valence-corrected chi connectivity index (χ0v) is 17.4. The lowest BCUT2D eigenvalue weighted by molar-refractivity contribution is -0.115. The Morgan fingerprint density at radius 3 is 2.81 bits per heavy atom. The Kier molecular flexibility index (Phi) is 5.72. The van der Waals surface area contributed by atoms with Crippen LogP contribution in [-0.2, 0) is 11.3 Å². The molecule has 4 aromatic rings. The number of aromatic amines is 2. The predicted molar refractivity (Wildman–Crippen MR) is 118 cm³/mol. The summed E-state index contributed by atoms with van der Waals surface area (Å²) < 4.78 is 16.0. The number of allylic oxidation sites excluding steroid dienone is 1. The molecule has 158 valence electrons. The van der Waals surface area contributed by atoms with Crippen LogP contribution in [0.2, 0.25) is 0 Å². The monoisotopic (exact) mass is 438 g/mol. The van der Waals surface area contributed by atoms with Crippen LogP contribution in [0.1, 0.15) is 6.92 Å². The van der Waals surface area contributed by atoms with Crippen LogP contribution in [0.3, 0.4) is 0 Å². The fourth-order valence-corrected chi connectivity index (χ4v) is 3.94. The van der Waals surface area contributed by atoms with Gasteiger partial charge in [-0.2, -0.15) is 0 Å². The van der Waals surface area contributed by atoms with E-state index in [-0.39, 0.29) is 11.6 Å². The summed E-state index contributed by atoms with van der Waals surface area (Å²) in [6.07, 6.45) is 1.66. The van der Waals surface area contributed by atoms with E-state index in [1.54, 1.807) is 54.0 Å². The molecule has 3 N–H and O–H groups in total. The van der Waals surface area contributed by atoms with Gasteiger partial charge in [0.1, 0.15) is 5.82 Å². The van der Waals surface area contributed by atoms with E-state index in [1.807, 2.05) is 0 Å². The van der Waals surface area contributed by atoms with Crippen molar-refractivity contribution in [1.82, 2.24) is 24.7 Å². The van der Waals surface area contributed by atoms with Gasteiger partial charge in [0.2, 0.25) is 5.91 Å². The van der Waals surface area contributed by atoms with Crippen molar-refractivity contribution in [2.45, 2.75) is 23.9 Å². The van der Waals surface area contributed by atoms with Crippen LogP contribution in [0.4, 0.5) is 10.1 Å². The highest BCUT2D eigenvalue weighted by atomic mass is 32.2. The number of H-pyrrole nitrogens is 2. The number of nitrogens with zero attached hydrogens (tertiary/aromatic N) is 3. The summed E-state index contributed by atoms with van der Waals surface area (Å²) in [6, 6.07) is 11.4. The fourth-order valence-electron chi connectivity index (χ4n) is 3.08. The SMILES string of the molecule is C=CCn1c(SC(C)C(=O)Nc2ccc3[nH]c(=O)[nH]c3c2)nnc1-c1ccccc1F. The number of benzene rings is 2. The first-order chi connectivity index (χ1) is 15.0. The summed E-state index contributed by atoms with van der Waals surface area (Å²) in [5, 5.41) is 11.1. The maximum atomic E-state index is 14.2. The third-order valence-corrected chi connectivity index (χ3v) is 5.66. The average Bonchev–Trinajstić information content (AvgIpc) is 3.30. The Labute approximate surface area is 180 Å². The van der Waals surface area contributed by atoms with Gasteiger partial charge in [0.05, 0.1) is 21.8 Å². The van der Waals surface area contributed by atoms with E-state index in [2.05, 4.69) is 32.1 Å². The van der Waals surface area contributed by atoms with Gasteiger partial charge in [0.15, 0.2) is 11.0 Å². The minimum atomic E-state index is -0.512. The lowest BCUT2D eigenvalue weighted by Crippen LogP contribution is -2.23. The van der Waals surface area contributed by atoms with Crippen LogP contribution in [0, 0.1) is 5.82 Å². The maximum Gasteiger partial charge on any atom is 0.323 e. The topological polar surface area (TPSA) is 108 Å². The molecule has 31 heavy (non-hydrogen) atoms. The van der Waals surface area contributed by atoms with Crippen molar-refractivity contribution in [2.24, 2.45) is 0 Å². The number of aromatic nitrogens is 5. The third-order valence-electron chi connectivity index (χ3n) is 4.58. The number of carbonyl (C=O) groups is 1. The summed E-state index contributed by atoms with van der Waals surface area (Å²) in [6.45, 7) is 5.85. The molecule has 0 aliphatic rings. The molecule has 2 aromatic carbocycles. The van der Waals surface area contributed by atoms with Crippen LogP contribution >= 0.6 is 11.8 Å². The molecule has 0 bridgehead atoms. The van der Waals surface area contributed by atoms with Crippen molar-refractivity contribution in [3.8, 4) is 11.4 Å². The molecular weight excluding hydrogens is 419 g/mol. The molecule has 0 aliphatic carbocycles. The Morgan fingerprint density at radius 1 is 1.26 bits per heavy atom. The first-order valence-corrected chi connectivity index (χ1v) is 10.3. The zero-order valence-electron chi connectivity index (χ0n) is 16.6. The number of amides is 1. The second kappa shape index (κ2) is 8.60. The highest BCUT2D eigenvalue weighted by Gasteiger charge is 2.22. The molecule has 0 radical (unpaired) electrons. The van der Waals surface area contributed by atoms with Crippen LogP contribution in [0.15, 0.2) is 65.1 Å². The molecular formula is C21H19FN6O2S. The van der Waals surface area contributed by atoms with Crippen molar-refractivity contribution in [1.29, 1.82) is 0 Å². The van der Waals surface area contributed by atoms with Gasteiger partial charge in [0.25, 0.3) is 0 Å². The molecule has 2 heterocycles. The molecule has 4 rings (SSSR count). The first-order valence-electron chi connectivity index (χ1n) is 9.45. The van der Waals surface area contributed by atoms with Gasteiger partial charge in [-0.15, -0.1) is 16.8 Å². The number of fused-ring (bicyclic) bond motifs is 1. The van der Waals surface area contributed by atoms with Gasteiger partial charge in [-0.05, 0) is 37.3 Å². The largest absolute Gasteiger partial charge is 0.325 e. The van der Waals surface area contributed by atoms with Crippen molar-refractivity contribution in [3.05, 3.63) is 71.4 Å². The van der Waals surface area contributed by atoms with Crippen LogP contribution in [-0.4, -0.2) is 35.9 Å². The van der Waals surface area contributed by atoms with Gasteiger partial charge in [-0.3, -0.25) is 9.36 Å². The molecule has 10 heteroatoms. The van der Waals surface area contributed by atoms with E-state index in [9.17, 15) is 14.0 Å². The normalized spacial score (nSPS) is 12.1. The number of imidazole rings is 1. The average molecular weight is 438 g/mol. The maximum absolute atomic E-state index is 14.2. The second-order valence-electron chi connectivity index (χ2n) is 6.77. The Hall–Kier alpha value is -3.66. The predicted octanol–water partition coefficient (Wildman–Crippen LogP) is 3.56.